The number of nitrogens with one attached hydrogen (secondary N) is 1. The predicted molar refractivity (Wildman–Crippen MR) is 126 cm³/mol. The number of H-pyrrole nitrogens is 1. The number of nitrogens with zero attached hydrogens (tertiary/aromatic N) is 5. The van der Waals surface area contributed by atoms with Crippen LogP contribution in [0.1, 0.15) is 24.8 Å². The first-order valence-corrected chi connectivity index (χ1v) is 10.8. The molecule has 1 aromatic carbocycles. The fourth-order valence-corrected chi connectivity index (χ4v) is 3.80. The van der Waals surface area contributed by atoms with E-state index in [0.29, 0.717) is 72.1 Å². The molecule has 1 amide bonds. The van der Waals surface area contributed by atoms with Crippen molar-refractivity contribution in [1.29, 1.82) is 0 Å². The lowest BCUT2D eigenvalue weighted by Gasteiger charge is -2.22. The lowest BCUT2D eigenvalue weighted by molar-refractivity contribution is -0.130. The number of anilines is 1. The molecule has 0 aliphatic carbocycles. The summed E-state index contributed by atoms with van der Waals surface area (Å²) in [5, 5.41) is 11.2. The molecule has 1 aliphatic rings. The zero-order valence-electron chi connectivity index (χ0n) is 19.0. The van der Waals surface area contributed by atoms with Crippen molar-refractivity contribution < 1.29 is 19.4 Å². The number of benzene rings is 1. The lowest BCUT2D eigenvalue weighted by Crippen LogP contribution is -2.30. The zero-order valence-corrected chi connectivity index (χ0v) is 19.0. The molecule has 0 fully saturated rings. The summed E-state index contributed by atoms with van der Waals surface area (Å²) in [4.78, 5) is 32.4. The fourth-order valence-electron chi connectivity index (χ4n) is 3.80. The van der Waals surface area contributed by atoms with E-state index in [4.69, 9.17) is 9.47 Å². The highest BCUT2D eigenvalue weighted by Crippen LogP contribution is 2.34. The van der Waals surface area contributed by atoms with E-state index in [0.717, 1.165) is 6.42 Å². The third kappa shape index (κ3) is 4.84. The summed E-state index contributed by atoms with van der Waals surface area (Å²) in [6.07, 6.45) is 4.82. The van der Waals surface area contributed by atoms with Gasteiger partial charge in [0.25, 0.3) is 0 Å². The third-order valence-corrected chi connectivity index (χ3v) is 5.65. The number of hydrogen-bond acceptors (Lipinski definition) is 8. The van der Waals surface area contributed by atoms with Crippen molar-refractivity contribution in [3.63, 3.8) is 0 Å². The molecule has 10 nitrogen and oxygen atoms in total. The van der Waals surface area contributed by atoms with Gasteiger partial charge in [0.2, 0.25) is 5.91 Å². The molecular weight excluding hydrogens is 424 g/mol. The van der Waals surface area contributed by atoms with Crippen LogP contribution in [0.25, 0.3) is 11.0 Å². The quantitative estimate of drug-likeness (QED) is 0.583. The molecule has 4 rings (SSSR count). The minimum absolute atomic E-state index is 0.0337. The Labute approximate surface area is 191 Å². The lowest BCUT2D eigenvalue weighted by atomic mass is 10.2. The van der Waals surface area contributed by atoms with E-state index in [1.54, 1.807) is 36.4 Å². The summed E-state index contributed by atoms with van der Waals surface area (Å²) < 4.78 is 11.3. The van der Waals surface area contributed by atoms with Gasteiger partial charge in [-0.15, -0.1) is 0 Å². The van der Waals surface area contributed by atoms with E-state index in [9.17, 15) is 9.90 Å². The molecule has 3 aromatic rings. The number of rotatable bonds is 1. The van der Waals surface area contributed by atoms with Crippen LogP contribution in [-0.2, 0) is 4.79 Å². The Morgan fingerprint density at radius 2 is 1.97 bits per heavy atom. The van der Waals surface area contributed by atoms with Crippen molar-refractivity contribution in [2.24, 2.45) is 4.99 Å². The standard InChI is InChI=1S/C23H28N6O4/c1-28-9-5-10-29(2)22-20-16(23(31)27-21(20)25-14-26-22)13-24-15-7-8-17(32-3)18(12-15)33-11-4-6-19(28)30/h7-8,12-14,31H,4-6,9-11H2,1-3H3,(H,25,26,27). The van der Waals surface area contributed by atoms with E-state index in [1.807, 2.05) is 19.0 Å². The topological polar surface area (TPSA) is 116 Å². The SMILES string of the molecule is COc1ccc2cc1OCCCC(=O)N(C)CCCN(C)c1ncnc3[nH]c(O)c(c13)C=N2. The summed E-state index contributed by atoms with van der Waals surface area (Å²) in [6, 6.07) is 5.34. The molecular formula is C23H28N6O4. The van der Waals surface area contributed by atoms with E-state index in [-0.39, 0.29) is 11.8 Å². The Morgan fingerprint density at radius 3 is 2.79 bits per heavy atom. The smallest absolute Gasteiger partial charge is 0.222 e. The molecule has 0 saturated heterocycles. The molecule has 0 spiro atoms. The van der Waals surface area contributed by atoms with Crippen LogP contribution in [0.3, 0.4) is 0 Å². The monoisotopic (exact) mass is 452 g/mol. The van der Waals surface area contributed by atoms with Gasteiger partial charge < -0.3 is 29.4 Å². The van der Waals surface area contributed by atoms with Crippen LogP contribution >= 0.6 is 0 Å². The number of amides is 1. The Kier molecular flexibility index (Phi) is 6.62. The first-order chi connectivity index (χ1) is 16.0. The Bertz CT molecular complexity index is 1180. The average Bonchev–Trinajstić information content (AvgIpc) is 3.14. The number of hydrogen-bond donors (Lipinski definition) is 2. The van der Waals surface area contributed by atoms with E-state index in [2.05, 4.69) is 19.9 Å². The molecule has 2 aromatic heterocycles. The molecule has 33 heavy (non-hydrogen) atoms. The minimum Gasteiger partial charge on any atom is -0.494 e. The molecule has 0 saturated carbocycles. The maximum absolute atomic E-state index is 12.5. The average molecular weight is 453 g/mol. The van der Waals surface area contributed by atoms with Crippen molar-refractivity contribution in [2.75, 3.05) is 45.8 Å². The first-order valence-electron chi connectivity index (χ1n) is 10.8. The molecule has 1 aliphatic heterocycles. The normalized spacial score (nSPS) is 15.8. The van der Waals surface area contributed by atoms with E-state index >= 15 is 0 Å². The largest absolute Gasteiger partial charge is 0.494 e. The van der Waals surface area contributed by atoms with Gasteiger partial charge in [0.05, 0.1) is 30.4 Å². The number of aromatic hydroxyl groups is 1. The van der Waals surface area contributed by atoms with Crippen LogP contribution in [0, 0.1) is 0 Å². The van der Waals surface area contributed by atoms with E-state index < -0.39 is 0 Å². The van der Waals surface area contributed by atoms with Gasteiger partial charge in [-0.05, 0) is 25.0 Å². The molecule has 0 unspecified atom stereocenters. The number of ether oxygens (including phenoxy) is 2. The Hall–Kier alpha value is -3.82. The maximum Gasteiger partial charge on any atom is 0.222 e. The van der Waals surface area contributed by atoms with Gasteiger partial charge in [0, 0.05) is 45.9 Å². The van der Waals surface area contributed by atoms with Crippen molar-refractivity contribution in [1.82, 2.24) is 19.9 Å². The van der Waals surface area contributed by atoms with Crippen LogP contribution in [0.5, 0.6) is 17.4 Å². The predicted octanol–water partition coefficient (Wildman–Crippen LogP) is 2.88. The van der Waals surface area contributed by atoms with Crippen molar-refractivity contribution in [2.45, 2.75) is 19.3 Å². The molecule has 3 heterocycles. The summed E-state index contributed by atoms with van der Waals surface area (Å²) in [5.74, 6) is 1.84. The van der Waals surface area contributed by atoms with Crippen molar-refractivity contribution in [3.8, 4) is 17.4 Å². The van der Waals surface area contributed by atoms with Crippen molar-refractivity contribution in [3.05, 3.63) is 30.1 Å². The van der Waals surface area contributed by atoms with Crippen molar-refractivity contribution >= 4 is 34.7 Å². The summed E-state index contributed by atoms with van der Waals surface area (Å²) in [6.45, 7) is 1.69. The maximum atomic E-state index is 12.5. The van der Waals surface area contributed by atoms with Gasteiger partial charge in [-0.2, -0.15) is 0 Å². The van der Waals surface area contributed by atoms with E-state index in [1.165, 1.54) is 6.33 Å². The second-order valence-electron chi connectivity index (χ2n) is 7.94. The number of aromatic amines is 1. The highest BCUT2D eigenvalue weighted by Gasteiger charge is 2.18. The molecule has 10 heteroatoms. The Balaban J connectivity index is 1.76. The minimum atomic E-state index is -0.0337. The second kappa shape index (κ2) is 9.76. The van der Waals surface area contributed by atoms with Gasteiger partial charge in [0.15, 0.2) is 17.4 Å². The van der Waals surface area contributed by atoms with Gasteiger partial charge >= 0.3 is 0 Å². The first kappa shape index (κ1) is 22.4. The highest BCUT2D eigenvalue weighted by atomic mass is 16.5. The molecule has 0 radical (unpaired) electrons. The molecule has 174 valence electrons. The molecule has 2 N–H and O–H groups in total. The van der Waals surface area contributed by atoms with Crippen LogP contribution in [0.15, 0.2) is 29.5 Å². The van der Waals surface area contributed by atoms with Gasteiger partial charge in [-0.1, -0.05) is 0 Å². The number of aromatic nitrogens is 3. The highest BCUT2D eigenvalue weighted by molar-refractivity contribution is 6.06. The van der Waals surface area contributed by atoms with Gasteiger partial charge in [-0.3, -0.25) is 9.79 Å². The molecule has 0 atom stereocenters. The summed E-state index contributed by atoms with van der Waals surface area (Å²) in [5.41, 5.74) is 1.65. The Morgan fingerprint density at radius 1 is 1.15 bits per heavy atom. The number of carbonyl (C=O) groups excluding carboxylic acids is 1. The fraction of sp³-hybridized carbons (Fsp3) is 0.391. The van der Waals surface area contributed by atoms with Crippen LogP contribution in [0.4, 0.5) is 11.5 Å². The van der Waals surface area contributed by atoms with Gasteiger partial charge in [0.1, 0.15) is 17.8 Å². The number of carbonyl (C=O) groups is 1. The zero-order chi connectivity index (χ0) is 23.4. The number of methoxy groups -OCH3 is 1. The summed E-state index contributed by atoms with van der Waals surface area (Å²) >= 11 is 0. The molecule has 2 bridgehead atoms. The summed E-state index contributed by atoms with van der Waals surface area (Å²) in [7, 11) is 5.32. The van der Waals surface area contributed by atoms with Crippen LogP contribution in [-0.4, -0.2) is 78.0 Å². The van der Waals surface area contributed by atoms with Crippen LogP contribution < -0.4 is 14.4 Å². The van der Waals surface area contributed by atoms with Gasteiger partial charge in [-0.25, -0.2) is 9.97 Å². The third-order valence-electron chi connectivity index (χ3n) is 5.65. The number of aliphatic imine (C=N–C) groups is 1. The van der Waals surface area contributed by atoms with Crippen LogP contribution in [0.2, 0.25) is 0 Å². The number of fused-ring (bicyclic) bond motifs is 2. The second-order valence-corrected chi connectivity index (χ2v) is 7.94.